The van der Waals surface area contributed by atoms with Crippen LogP contribution in [-0.2, 0) is 14.2 Å². The minimum Gasteiger partial charge on any atom is -0.379 e. The summed E-state index contributed by atoms with van der Waals surface area (Å²) in [5.41, 5.74) is 0. The van der Waals surface area contributed by atoms with Crippen molar-refractivity contribution in [3.05, 3.63) is 0 Å². The zero-order valence-corrected chi connectivity index (χ0v) is 16.8. The monoisotopic (exact) mass is 428 g/mol. The summed E-state index contributed by atoms with van der Waals surface area (Å²) >= 11 is 2.43. The lowest BCUT2D eigenvalue weighted by molar-refractivity contribution is 0.0132. The van der Waals surface area contributed by atoms with Crippen molar-refractivity contribution < 1.29 is 14.2 Å². The first-order valence-corrected chi connectivity index (χ1v) is 10.7. The number of alkyl halides is 1. The van der Waals surface area contributed by atoms with E-state index in [1.165, 1.54) is 68.6 Å². The second-order valence-corrected chi connectivity index (χ2v) is 6.79. The maximum Gasteiger partial charge on any atom is 0.0701 e. The molecule has 0 saturated carbocycles. The van der Waals surface area contributed by atoms with Crippen molar-refractivity contribution in [2.75, 3.05) is 44.1 Å². The van der Waals surface area contributed by atoms with Gasteiger partial charge in [0.2, 0.25) is 0 Å². The lowest BCUT2D eigenvalue weighted by Gasteiger charge is -2.07. The standard InChI is InChI=1S/C18H37IO3/c1-2-3-4-5-7-10-13-20-15-17-22-18-16-21-14-11-8-6-9-12-19/h2-18H2,1H3. The fraction of sp³-hybridized carbons (Fsp3) is 1.00. The Hall–Kier alpha value is 0.610. The molecule has 0 radical (unpaired) electrons. The third-order valence-corrected chi connectivity index (χ3v) is 4.32. The molecule has 0 fully saturated rings. The lowest BCUT2D eigenvalue weighted by atomic mass is 10.1. The van der Waals surface area contributed by atoms with Gasteiger partial charge in [-0.3, -0.25) is 0 Å². The van der Waals surface area contributed by atoms with Gasteiger partial charge in [0, 0.05) is 13.2 Å². The average molecular weight is 428 g/mol. The predicted octanol–water partition coefficient (Wildman–Crippen LogP) is 5.39. The van der Waals surface area contributed by atoms with E-state index >= 15 is 0 Å². The summed E-state index contributed by atoms with van der Waals surface area (Å²) in [5, 5.41) is 0. The summed E-state index contributed by atoms with van der Waals surface area (Å²) in [6.07, 6.45) is 13.0. The van der Waals surface area contributed by atoms with Gasteiger partial charge in [-0.25, -0.2) is 0 Å². The van der Waals surface area contributed by atoms with Gasteiger partial charge in [-0.2, -0.15) is 0 Å². The van der Waals surface area contributed by atoms with Crippen molar-refractivity contribution in [1.82, 2.24) is 0 Å². The maximum atomic E-state index is 5.56. The Balaban J connectivity index is 2.91. The summed E-state index contributed by atoms with van der Waals surface area (Å²) in [6.45, 7) is 6.81. The Bertz CT molecular complexity index is 171. The van der Waals surface area contributed by atoms with E-state index < -0.39 is 0 Å². The molecule has 3 nitrogen and oxygen atoms in total. The molecule has 0 saturated heterocycles. The number of unbranched alkanes of at least 4 members (excludes halogenated alkanes) is 8. The average Bonchev–Trinajstić information content (AvgIpc) is 2.54. The summed E-state index contributed by atoms with van der Waals surface area (Å²) < 4.78 is 17.9. The molecule has 0 bridgehead atoms. The number of hydrogen-bond donors (Lipinski definition) is 0. The van der Waals surface area contributed by atoms with Gasteiger partial charge in [0.05, 0.1) is 26.4 Å². The Morgan fingerprint density at radius 2 is 0.909 bits per heavy atom. The molecule has 4 heteroatoms. The van der Waals surface area contributed by atoms with Gasteiger partial charge >= 0.3 is 0 Å². The van der Waals surface area contributed by atoms with E-state index in [4.69, 9.17) is 14.2 Å². The first kappa shape index (κ1) is 22.6. The minimum atomic E-state index is 0.689. The van der Waals surface area contributed by atoms with Crippen LogP contribution in [0.25, 0.3) is 0 Å². The smallest absolute Gasteiger partial charge is 0.0701 e. The van der Waals surface area contributed by atoms with Gasteiger partial charge in [0.1, 0.15) is 0 Å². The number of hydrogen-bond acceptors (Lipinski definition) is 3. The Morgan fingerprint density at radius 3 is 1.41 bits per heavy atom. The van der Waals surface area contributed by atoms with Crippen molar-refractivity contribution in [2.24, 2.45) is 0 Å². The second-order valence-electron chi connectivity index (χ2n) is 5.71. The highest BCUT2D eigenvalue weighted by Gasteiger charge is 1.94. The molecule has 0 aliphatic carbocycles. The highest BCUT2D eigenvalue weighted by atomic mass is 127. The van der Waals surface area contributed by atoms with Crippen molar-refractivity contribution >= 4 is 22.6 Å². The molecular weight excluding hydrogens is 391 g/mol. The van der Waals surface area contributed by atoms with Crippen LogP contribution in [0.3, 0.4) is 0 Å². The molecule has 0 unspecified atom stereocenters. The van der Waals surface area contributed by atoms with Crippen LogP contribution < -0.4 is 0 Å². The molecule has 0 aliphatic rings. The third kappa shape index (κ3) is 20.6. The summed E-state index contributed by atoms with van der Waals surface area (Å²) in [6, 6.07) is 0. The van der Waals surface area contributed by atoms with Crippen molar-refractivity contribution in [3.63, 3.8) is 0 Å². The number of halogens is 1. The fourth-order valence-corrected chi connectivity index (χ4v) is 2.72. The molecule has 0 aromatic heterocycles. The summed E-state index contributed by atoms with van der Waals surface area (Å²) in [5.74, 6) is 0. The van der Waals surface area contributed by atoms with Crippen molar-refractivity contribution in [1.29, 1.82) is 0 Å². The Morgan fingerprint density at radius 1 is 0.500 bits per heavy atom. The highest BCUT2D eigenvalue weighted by molar-refractivity contribution is 14.1. The molecule has 0 aromatic rings. The van der Waals surface area contributed by atoms with Gasteiger partial charge < -0.3 is 14.2 Å². The topological polar surface area (TPSA) is 27.7 Å². The molecule has 134 valence electrons. The van der Waals surface area contributed by atoms with Gasteiger partial charge in [0.25, 0.3) is 0 Å². The molecule has 0 heterocycles. The zero-order valence-electron chi connectivity index (χ0n) is 14.6. The quantitative estimate of drug-likeness (QED) is 0.157. The molecule has 0 amide bonds. The third-order valence-electron chi connectivity index (χ3n) is 3.56. The molecule has 0 aliphatic heterocycles. The van der Waals surface area contributed by atoms with Crippen LogP contribution in [0.2, 0.25) is 0 Å². The molecule has 0 N–H and O–H groups in total. The zero-order chi connectivity index (χ0) is 16.1. The van der Waals surface area contributed by atoms with Crippen molar-refractivity contribution in [2.45, 2.75) is 71.1 Å². The van der Waals surface area contributed by atoms with Crippen LogP contribution in [-0.4, -0.2) is 44.1 Å². The minimum absolute atomic E-state index is 0.689. The molecule has 0 spiro atoms. The normalized spacial score (nSPS) is 11.2. The number of ether oxygens (including phenoxy) is 3. The van der Waals surface area contributed by atoms with Gasteiger partial charge in [0.15, 0.2) is 0 Å². The number of rotatable bonds is 19. The van der Waals surface area contributed by atoms with Gasteiger partial charge in [-0.15, -0.1) is 0 Å². The predicted molar refractivity (Wildman–Crippen MR) is 103 cm³/mol. The van der Waals surface area contributed by atoms with Crippen LogP contribution in [0.15, 0.2) is 0 Å². The second kappa shape index (κ2) is 21.6. The lowest BCUT2D eigenvalue weighted by Crippen LogP contribution is -2.10. The first-order chi connectivity index (χ1) is 10.9. The maximum absolute atomic E-state index is 5.56. The van der Waals surface area contributed by atoms with Crippen LogP contribution in [0.4, 0.5) is 0 Å². The van der Waals surface area contributed by atoms with Crippen LogP contribution >= 0.6 is 22.6 Å². The van der Waals surface area contributed by atoms with E-state index in [1.807, 2.05) is 0 Å². The molecule has 0 aromatic carbocycles. The Labute approximate surface area is 152 Å². The molecule has 0 rings (SSSR count). The van der Waals surface area contributed by atoms with Gasteiger partial charge in [-0.1, -0.05) is 74.5 Å². The van der Waals surface area contributed by atoms with E-state index in [0.29, 0.717) is 26.4 Å². The fourth-order valence-electron chi connectivity index (χ4n) is 2.18. The summed E-state index contributed by atoms with van der Waals surface area (Å²) in [7, 11) is 0. The van der Waals surface area contributed by atoms with Crippen LogP contribution in [0, 0.1) is 0 Å². The van der Waals surface area contributed by atoms with E-state index in [1.54, 1.807) is 0 Å². The molecule has 22 heavy (non-hydrogen) atoms. The van der Waals surface area contributed by atoms with E-state index in [-0.39, 0.29) is 0 Å². The Kier molecular flexibility index (Phi) is 22.2. The first-order valence-electron chi connectivity index (χ1n) is 9.21. The SMILES string of the molecule is CCCCCCCCOCCOCCOCCCCCCI. The van der Waals surface area contributed by atoms with Crippen LogP contribution in [0.5, 0.6) is 0 Å². The highest BCUT2D eigenvalue weighted by Crippen LogP contribution is 2.05. The summed E-state index contributed by atoms with van der Waals surface area (Å²) in [4.78, 5) is 0. The molecular formula is C18H37IO3. The van der Waals surface area contributed by atoms with E-state index in [0.717, 1.165) is 13.2 Å². The van der Waals surface area contributed by atoms with E-state index in [9.17, 15) is 0 Å². The molecule has 0 atom stereocenters. The van der Waals surface area contributed by atoms with Crippen molar-refractivity contribution in [3.8, 4) is 0 Å². The largest absolute Gasteiger partial charge is 0.379 e. The van der Waals surface area contributed by atoms with Crippen LogP contribution in [0.1, 0.15) is 71.1 Å². The van der Waals surface area contributed by atoms with Gasteiger partial charge in [-0.05, 0) is 23.7 Å². The van der Waals surface area contributed by atoms with E-state index in [2.05, 4.69) is 29.5 Å².